The number of carbonyl (C=O) groups is 1. The van der Waals surface area contributed by atoms with E-state index in [1.54, 1.807) is 6.07 Å². The largest absolute Gasteiger partial charge is 0.496 e. The van der Waals surface area contributed by atoms with Gasteiger partial charge < -0.3 is 15.8 Å². The summed E-state index contributed by atoms with van der Waals surface area (Å²) in [4.78, 5) is 12.3. The summed E-state index contributed by atoms with van der Waals surface area (Å²) in [5.74, 6) is 0.210. The van der Waals surface area contributed by atoms with Gasteiger partial charge in [-0.1, -0.05) is 11.6 Å². The average molecular weight is 299 g/mol. The fraction of sp³-hybridized carbons (Fsp3) is 0.462. The number of ether oxygens (including phenoxy) is 1. The topological polar surface area (TPSA) is 70.8 Å². The van der Waals surface area contributed by atoms with E-state index in [-0.39, 0.29) is 11.9 Å². The van der Waals surface area contributed by atoms with Gasteiger partial charge in [0.1, 0.15) is 5.75 Å². The van der Waals surface area contributed by atoms with Crippen LogP contribution in [0, 0.1) is 0 Å². The molecule has 0 spiro atoms. The quantitative estimate of drug-likeness (QED) is 0.809. The summed E-state index contributed by atoms with van der Waals surface area (Å²) in [7, 11) is 5.45. The third-order valence-corrected chi connectivity index (χ3v) is 3.78. The van der Waals surface area contributed by atoms with Crippen molar-refractivity contribution in [2.45, 2.75) is 6.04 Å². The van der Waals surface area contributed by atoms with Crippen LogP contribution in [0.3, 0.4) is 0 Å². The Morgan fingerprint density at radius 3 is 2.55 bits per heavy atom. The smallest absolute Gasteiger partial charge is 0.255 e. The number of benzene rings is 1. The zero-order valence-electron chi connectivity index (χ0n) is 11.8. The van der Waals surface area contributed by atoms with E-state index in [1.807, 2.05) is 14.1 Å². The Morgan fingerprint density at radius 2 is 2.00 bits per heavy atom. The number of amides is 1. The average Bonchev–Trinajstić information content (AvgIpc) is 2.70. The molecule has 0 aliphatic carbocycles. The lowest BCUT2D eigenvalue weighted by atomic mass is 10.1. The SMILES string of the molecule is COc1cc(N)c(Cl)cc1C(=O)NC1CN(C)N(C)C1. The number of nitrogens with two attached hydrogens (primary N) is 1. The molecule has 1 saturated heterocycles. The van der Waals surface area contributed by atoms with Crippen molar-refractivity contribution in [1.29, 1.82) is 0 Å². The molecular weight excluding hydrogens is 280 g/mol. The molecular formula is C13H19ClN4O2. The van der Waals surface area contributed by atoms with E-state index in [1.165, 1.54) is 13.2 Å². The van der Waals surface area contributed by atoms with Gasteiger partial charge in [0, 0.05) is 33.3 Å². The second-order valence-corrected chi connectivity index (χ2v) is 5.33. The molecule has 3 N–H and O–H groups in total. The molecule has 0 radical (unpaired) electrons. The van der Waals surface area contributed by atoms with E-state index in [4.69, 9.17) is 22.1 Å². The molecule has 1 aliphatic heterocycles. The maximum absolute atomic E-state index is 12.3. The van der Waals surface area contributed by atoms with Crippen LogP contribution in [0.5, 0.6) is 5.75 Å². The normalized spacial score (nSPS) is 17.4. The van der Waals surface area contributed by atoms with Gasteiger partial charge in [-0.05, 0) is 6.07 Å². The number of nitrogens with zero attached hydrogens (tertiary/aromatic N) is 2. The summed E-state index contributed by atoms with van der Waals surface area (Å²) in [6.45, 7) is 1.54. The van der Waals surface area contributed by atoms with E-state index in [0.717, 1.165) is 13.1 Å². The van der Waals surface area contributed by atoms with Crippen molar-refractivity contribution < 1.29 is 9.53 Å². The van der Waals surface area contributed by atoms with Crippen molar-refractivity contribution >= 4 is 23.2 Å². The summed E-state index contributed by atoms with van der Waals surface area (Å²) in [5, 5.41) is 7.43. The highest BCUT2D eigenvalue weighted by Gasteiger charge is 2.27. The summed E-state index contributed by atoms with van der Waals surface area (Å²) in [5.41, 5.74) is 6.49. The molecule has 1 aromatic carbocycles. The summed E-state index contributed by atoms with van der Waals surface area (Å²) >= 11 is 5.97. The Hall–Kier alpha value is -1.50. The Balaban J connectivity index is 2.15. The van der Waals surface area contributed by atoms with Gasteiger partial charge in [-0.25, -0.2) is 10.0 Å². The number of carbonyl (C=O) groups excluding carboxylic acids is 1. The zero-order chi connectivity index (χ0) is 14.9. The van der Waals surface area contributed by atoms with Crippen molar-refractivity contribution in [3.63, 3.8) is 0 Å². The molecule has 0 aromatic heterocycles. The van der Waals surface area contributed by atoms with E-state index in [0.29, 0.717) is 22.0 Å². The Bertz CT molecular complexity index is 513. The van der Waals surface area contributed by atoms with E-state index in [2.05, 4.69) is 15.3 Å². The Labute approximate surface area is 123 Å². The van der Waals surface area contributed by atoms with Gasteiger partial charge in [0.25, 0.3) is 5.91 Å². The van der Waals surface area contributed by atoms with Crippen molar-refractivity contribution in [3.8, 4) is 5.75 Å². The number of hydrogen-bond donors (Lipinski definition) is 2. The van der Waals surface area contributed by atoms with E-state index in [9.17, 15) is 4.79 Å². The number of rotatable bonds is 3. The number of nitrogens with one attached hydrogen (secondary N) is 1. The van der Waals surface area contributed by atoms with Crippen LogP contribution in [0.25, 0.3) is 0 Å². The van der Waals surface area contributed by atoms with Gasteiger partial charge in [-0.2, -0.15) is 0 Å². The molecule has 1 amide bonds. The standard InChI is InChI=1S/C13H19ClN4O2/c1-17-6-8(7-18(17)2)16-13(19)9-4-10(14)11(15)5-12(9)20-3/h4-5,8H,6-7,15H2,1-3H3,(H,16,19). The van der Waals surface area contributed by atoms with Crippen LogP contribution < -0.4 is 15.8 Å². The van der Waals surface area contributed by atoms with Crippen LogP contribution in [0.4, 0.5) is 5.69 Å². The monoisotopic (exact) mass is 298 g/mol. The first-order valence-corrected chi connectivity index (χ1v) is 6.66. The van der Waals surface area contributed by atoms with Crippen LogP contribution >= 0.6 is 11.6 Å². The van der Waals surface area contributed by atoms with Gasteiger partial charge in [0.15, 0.2) is 0 Å². The lowest BCUT2D eigenvalue weighted by molar-refractivity contribution is 0.0894. The van der Waals surface area contributed by atoms with Crippen LogP contribution in [0.15, 0.2) is 12.1 Å². The van der Waals surface area contributed by atoms with Gasteiger partial charge in [-0.15, -0.1) is 0 Å². The van der Waals surface area contributed by atoms with Crippen LogP contribution in [0.2, 0.25) is 5.02 Å². The summed E-state index contributed by atoms with van der Waals surface area (Å²) < 4.78 is 5.19. The zero-order valence-corrected chi connectivity index (χ0v) is 12.6. The summed E-state index contributed by atoms with van der Waals surface area (Å²) in [6, 6.07) is 3.16. The fourth-order valence-corrected chi connectivity index (χ4v) is 2.41. The molecule has 0 unspecified atom stereocenters. The number of likely N-dealkylation sites (N-methyl/N-ethyl adjacent to an activating group) is 2. The van der Waals surface area contributed by atoms with Crippen molar-refractivity contribution in [3.05, 3.63) is 22.7 Å². The minimum Gasteiger partial charge on any atom is -0.496 e. The van der Waals surface area contributed by atoms with Gasteiger partial charge in [0.05, 0.1) is 29.4 Å². The molecule has 1 fully saturated rings. The first kappa shape index (κ1) is 14.9. The molecule has 0 saturated carbocycles. The number of methoxy groups -OCH3 is 1. The van der Waals surface area contributed by atoms with Gasteiger partial charge >= 0.3 is 0 Å². The molecule has 1 aliphatic rings. The molecule has 20 heavy (non-hydrogen) atoms. The van der Waals surface area contributed by atoms with Crippen LogP contribution in [-0.4, -0.2) is 56.3 Å². The van der Waals surface area contributed by atoms with Gasteiger partial charge in [0.2, 0.25) is 0 Å². The molecule has 1 heterocycles. The van der Waals surface area contributed by atoms with Crippen molar-refractivity contribution in [2.24, 2.45) is 0 Å². The minimum atomic E-state index is -0.211. The molecule has 110 valence electrons. The highest BCUT2D eigenvalue weighted by atomic mass is 35.5. The lowest BCUT2D eigenvalue weighted by Gasteiger charge is -2.16. The van der Waals surface area contributed by atoms with E-state index < -0.39 is 0 Å². The van der Waals surface area contributed by atoms with Crippen LogP contribution in [-0.2, 0) is 0 Å². The second-order valence-electron chi connectivity index (χ2n) is 4.92. The molecule has 0 bridgehead atoms. The number of hydrazine groups is 1. The first-order valence-electron chi connectivity index (χ1n) is 6.28. The fourth-order valence-electron chi connectivity index (χ4n) is 2.24. The highest BCUT2D eigenvalue weighted by Crippen LogP contribution is 2.28. The predicted octanol–water partition coefficient (Wildman–Crippen LogP) is 0.821. The number of nitrogen functional groups attached to an aromatic ring is 1. The Kier molecular flexibility index (Phi) is 4.37. The van der Waals surface area contributed by atoms with Crippen molar-refractivity contribution in [2.75, 3.05) is 40.0 Å². The minimum absolute atomic E-state index is 0.0681. The maximum Gasteiger partial charge on any atom is 0.255 e. The van der Waals surface area contributed by atoms with Crippen molar-refractivity contribution in [1.82, 2.24) is 15.3 Å². The summed E-state index contributed by atoms with van der Waals surface area (Å²) in [6.07, 6.45) is 0. The Morgan fingerprint density at radius 1 is 1.40 bits per heavy atom. The van der Waals surface area contributed by atoms with Crippen LogP contribution in [0.1, 0.15) is 10.4 Å². The number of halogens is 1. The number of anilines is 1. The predicted molar refractivity (Wildman–Crippen MR) is 78.9 cm³/mol. The first-order chi connectivity index (χ1) is 9.42. The maximum atomic E-state index is 12.3. The lowest BCUT2D eigenvalue weighted by Crippen LogP contribution is -2.38. The highest BCUT2D eigenvalue weighted by molar-refractivity contribution is 6.33. The van der Waals surface area contributed by atoms with E-state index >= 15 is 0 Å². The second kappa shape index (κ2) is 5.87. The van der Waals surface area contributed by atoms with Gasteiger partial charge in [-0.3, -0.25) is 4.79 Å². The molecule has 6 nitrogen and oxygen atoms in total. The number of hydrogen-bond acceptors (Lipinski definition) is 5. The molecule has 2 rings (SSSR count). The third-order valence-electron chi connectivity index (χ3n) is 3.45. The molecule has 7 heteroatoms. The third kappa shape index (κ3) is 2.98. The molecule has 1 aromatic rings. The molecule has 0 atom stereocenters.